The molecule has 0 aromatic carbocycles. The topological polar surface area (TPSA) is 44.8 Å². The smallest absolute Gasteiger partial charge is 0.227 e. The van der Waals surface area contributed by atoms with Crippen molar-refractivity contribution in [2.45, 2.75) is 19.4 Å². The van der Waals surface area contributed by atoms with E-state index >= 15 is 0 Å². The molecular weight excluding hydrogens is 313 g/mol. The molecule has 0 bridgehead atoms. The molecule has 3 unspecified atom stereocenters. The zero-order valence-corrected chi connectivity index (χ0v) is 14.3. The quantitative estimate of drug-likeness (QED) is 0.801. The van der Waals surface area contributed by atoms with Crippen molar-refractivity contribution in [2.24, 2.45) is 11.8 Å². The maximum absolute atomic E-state index is 12.5. The number of hydrogen-bond donors (Lipinski definition) is 1. The Morgan fingerprint density at radius 3 is 2.52 bits per heavy atom. The summed E-state index contributed by atoms with van der Waals surface area (Å²) in [6, 6.07) is 0.530. The molecule has 21 heavy (non-hydrogen) atoms. The van der Waals surface area contributed by atoms with Gasteiger partial charge in [-0.2, -0.15) is 0 Å². The average Bonchev–Trinajstić information content (AvgIpc) is 3.08. The molecule has 3 rings (SSSR count). The summed E-state index contributed by atoms with van der Waals surface area (Å²) in [5, 5.41) is 3.29. The number of rotatable bonds is 2. The van der Waals surface area contributed by atoms with Crippen molar-refractivity contribution >= 4 is 30.7 Å². The van der Waals surface area contributed by atoms with Crippen LogP contribution in [0.3, 0.4) is 0 Å². The van der Waals surface area contributed by atoms with Crippen molar-refractivity contribution in [3.05, 3.63) is 0 Å². The van der Waals surface area contributed by atoms with Crippen molar-refractivity contribution < 1.29 is 9.53 Å². The molecule has 3 aliphatic rings. The SMILES string of the molecule is CC1CN(C(=O)C2CCNC2)CC1N1CCOCC1.Cl.Cl. The Morgan fingerprint density at radius 1 is 1.19 bits per heavy atom. The van der Waals surface area contributed by atoms with Crippen LogP contribution in [-0.4, -0.2) is 74.2 Å². The summed E-state index contributed by atoms with van der Waals surface area (Å²) in [4.78, 5) is 17.1. The molecule has 0 radical (unpaired) electrons. The fourth-order valence-electron chi connectivity index (χ4n) is 3.64. The van der Waals surface area contributed by atoms with Crippen LogP contribution in [0.2, 0.25) is 0 Å². The van der Waals surface area contributed by atoms with E-state index in [-0.39, 0.29) is 30.7 Å². The van der Waals surface area contributed by atoms with Gasteiger partial charge in [0.1, 0.15) is 0 Å². The van der Waals surface area contributed by atoms with Gasteiger partial charge in [0, 0.05) is 38.8 Å². The van der Waals surface area contributed by atoms with Gasteiger partial charge >= 0.3 is 0 Å². The first-order valence-electron chi connectivity index (χ1n) is 7.57. The second-order valence-electron chi connectivity index (χ2n) is 6.13. The maximum atomic E-state index is 12.5. The van der Waals surface area contributed by atoms with Gasteiger partial charge in [-0.15, -0.1) is 24.8 Å². The Kier molecular flexibility index (Phi) is 7.71. The van der Waals surface area contributed by atoms with Crippen LogP contribution in [0, 0.1) is 11.8 Å². The molecule has 124 valence electrons. The molecule has 0 aromatic rings. The molecule has 3 heterocycles. The van der Waals surface area contributed by atoms with Crippen molar-refractivity contribution in [3.8, 4) is 0 Å². The number of carbonyl (C=O) groups is 1. The fraction of sp³-hybridized carbons (Fsp3) is 0.929. The second kappa shape index (κ2) is 8.53. The van der Waals surface area contributed by atoms with E-state index in [1.807, 2.05) is 0 Å². The first kappa shape index (κ1) is 19.0. The van der Waals surface area contributed by atoms with E-state index in [1.165, 1.54) is 0 Å². The number of morpholine rings is 1. The highest BCUT2D eigenvalue weighted by Gasteiger charge is 2.38. The summed E-state index contributed by atoms with van der Waals surface area (Å²) in [5.41, 5.74) is 0. The van der Waals surface area contributed by atoms with Crippen LogP contribution in [0.4, 0.5) is 0 Å². The molecule has 3 fully saturated rings. The molecule has 1 amide bonds. The van der Waals surface area contributed by atoms with Gasteiger partial charge < -0.3 is 15.0 Å². The van der Waals surface area contributed by atoms with Gasteiger partial charge in [-0.05, 0) is 18.9 Å². The van der Waals surface area contributed by atoms with Gasteiger partial charge in [0.05, 0.1) is 19.1 Å². The number of halogens is 2. The first-order valence-corrected chi connectivity index (χ1v) is 7.57. The normalized spacial score (nSPS) is 33.4. The van der Waals surface area contributed by atoms with E-state index in [1.54, 1.807) is 0 Å². The predicted octanol–water partition coefficient (Wildman–Crippen LogP) is 0.619. The highest BCUT2D eigenvalue weighted by Crippen LogP contribution is 2.25. The highest BCUT2D eigenvalue weighted by molar-refractivity contribution is 5.85. The van der Waals surface area contributed by atoms with E-state index < -0.39 is 0 Å². The van der Waals surface area contributed by atoms with Gasteiger partial charge in [-0.25, -0.2) is 0 Å². The summed E-state index contributed by atoms with van der Waals surface area (Å²) in [6.07, 6.45) is 1.01. The standard InChI is InChI=1S/C14H25N3O2.2ClH/c1-11-9-17(14(18)12-2-3-15-8-12)10-13(11)16-4-6-19-7-5-16;;/h11-13,15H,2-10H2,1H3;2*1H. The summed E-state index contributed by atoms with van der Waals surface area (Å²) in [7, 11) is 0. The van der Waals surface area contributed by atoms with Crippen LogP contribution in [-0.2, 0) is 9.53 Å². The Morgan fingerprint density at radius 2 is 1.90 bits per heavy atom. The third kappa shape index (κ3) is 4.23. The number of carbonyl (C=O) groups excluding carboxylic acids is 1. The highest BCUT2D eigenvalue weighted by atomic mass is 35.5. The number of ether oxygens (including phenoxy) is 1. The molecule has 3 saturated heterocycles. The van der Waals surface area contributed by atoms with Gasteiger partial charge in [0.2, 0.25) is 5.91 Å². The summed E-state index contributed by atoms with van der Waals surface area (Å²) < 4.78 is 5.42. The van der Waals surface area contributed by atoms with Crippen LogP contribution in [0.1, 0.15) is 13.3 Å². The lowest BCUT2D eigenvalue weighted by molar-refractivity contribution is -0.134. The van der Waals surface area contributed by atoms with Gasteiger partial charge in [0.25, 0.3) is 0 Å². The van der Waals surface area contributed by atoms with E-state index in [2.05, 4.69) is 22.0 Å². The molecule has 3 aliphatic heterocycles. The molecule has 3 atom stereocenters. The lowest BCUT2D eigenvalue weighted by Crippen LogP contribution is -2.47. The van der Waals surface area contributed by atoms with Crippen LogP contribution in [0.15, 0.2) is 0 Å². The summed E-state index contributed by atoms with van der Waals surface area (Å²) in [5.74, 6) is 1.17. The lowest BCUT2D eigenvalue weighted by Gasteiger charge is -2.34. The minimum Gasteiger partial charge on any atom is -0.379 e. The molecule has 0 aromatic heterocycles. The minimum absolute atomic E-state index is 0. The van der Waals surface area contributed by atoms with E-state index in [0.717, 1.165) is 58.9 Å². The van der Waals surface area contributed by atoms with Gasteiger partial charge in [-0.3, -0.25) is 9.69 Å². The molecule has 0 saturated carbocycles. The molecule has 1 N–H and O–H groups in total. The first-order chi connectivity index (χ1) is 9.25. The van der Waals surface area contributed by atoms with Crippen LogP contribution < -0.4 is 5.32 Å². The zero-order valence-electron chi connectivity index (χ0n) is 12.6. The van der Waals surface area contributed by atoms with Crippen molar-refractivity contribution in [1.29, 1.82) is 0 Å². The summed E-state index contributed by atoms with van der Waals surface area (Å²) in [6.45, 7) is 9.68. The van der Waals surface area contributed by atoms with Gasteiger partial charge in [-0.1, -0.05) is 6.92 Å². The lowest BCUT2D eigenvalue weighted by atomic mass is 10.0. The minimum atomic E-state index is 0. The Balaban J connectivity index is 0.00000110. The maximum Gasteiger partial charge on any atom is 0.227 e. The van der Waals surface area contributed by atoms with Crippen molar-refractivity contribution in [1.82, 2.24) is 15.1 Å². The third-order valence-electron chi connectivity index (χ3n) is 4.81. The number of amides is 1. The number of nitrogens with one attached hydrogen (secondary N) is 1. The van der Waals surface area contributed by atoms with Crippen LogP contribution >= 0.6 is 24.8 Å². The van der Waals surface area contributed by atoms with E-state index in [9.17, 15) is 4.79 Å². The zero-order chi connectivity index (χ0) is 13.2. The Hall–Kier alpha value is -0.0700. The van der Waals surface area contributed by atoms with E-state index in [0.29, 0.717) is 17.9 Å². The number of likely N-dealkylation sites (tertiary alicyclic amines) is 1. The molecule has 5 nitrogen and oxygen atoms in total. The van der Waals surface area contributed by atoms with Crippen LogP contribution in [0.25, 0.3) is 0 Å². The molecule has 0 aliphatic carbocycles. The third-order valence-corrected chi connectivity index (χ3v) is 4.81. The number of hydrogen-bond acceptors (Lipinski definition) is 4. The molecule has 0 spiro atoms. The van der Waals surface area contributed by atoms with Gasteiger partial charge in [0.15, 0.2) is 0 Å². The fourth-order valence-corrected chi connectivity index (χ4v) is 3.64. The molecular formula is C14H27Cl2N3O2. The summed E-state index contributed by atoms with van der Waals surface area (Å²) >= 11 is 0. The number of nitrogens with zero attached hydrogens (tertiary/aromatic N) is 2. The van der Waals surface area contributed by atoms with Crippen LogP contribution in [0.5, 0.6) is 0 Å². The largest absolute Gasteiger partial charge is 0.379 e. The van der Waals surface area contributed by atoms with E-state index in [4.69, 9.17) is 4.74 Å². The second-order valence-corrected chi connectivity index (χ2v) is 6.13. The molecule has 7 heteroatoms. The Labute approximate surface area is 139 Å². The van der Waals surface area contributed by atoms with Crippen molar-refractivity contribution in [2.75, 3.05) is 52.5 Å². The predicted molar refractivity (Wildman–Crippen MR) is 87.4 cm³/mol. The Bertz CT molecular complexity index is 334. The monoisotopic (exact) mass is 339 g/mol. The average molecular weight is 340 g/mol. The van der Waals surface area contributed by atoms with Crippen molar-refractivity contribution in [3.63, 3.8) is 0 Å².